The molecule has 0 radical (unpaired) electrons. The Hall–Kier alpha value is -2.57. The number of nitrogens with zero attached hydrogens (tertiary/aromatic N) is 2. The standard InChI is InChI=1S/C17H20N2O5/c1-18(12-5-3-2-4-6-12)15(20)10-19-13-8-7-11(16(21)22)9-14(13)24-17(19)23/h7-9,12H,2-6,10H2,1H3,(H,21,22). The van der Waals surface area contributed by atoms with Gasteiger partial charge in [0.15, 0.2) is 5.58 Å². The molecule has 7 heteroatoms. The van der Waals surface area contributed by atoms with E-state index < -0.39 is 11.7 Å². The van der Waals surface area contributed by atoms with Crippen molar-refractivity contribution in [2.75, 3.05) is 7.05 Å². The summed E-state index contributed by atoms with van der Waals surface area (Å²) in [5.74, 6) is -1.90. The molecule has 2 aromatic rings. The SMILES string of the molecule is CN(C(=O)Cn1c(=O)oc2cc(C(=O)O)ccc21)C1CCCCC1. The van der Waals surface area contributed by atoms with Crippen LogP contribution in [0.25, 0.3) is 11.1 Å². The summed E-state index contributed by atoms with van der Waals surface area (Å²) in [6.07, 6.45) is 5.43. The molecule has 0 saturated heterocycles. The van der Waals surface area contributed by atoms with E-state index >= 15 is 0 Å². The average molecular weight is 332 g/mol. The second-order valence-electron chi connectivity index (χ2n) is 6.24. The summed E-state index contributed by atoms with van der Waals surface area (Å²) in [6, 6.07) is 4.41. The number of fused-ring (bicyclic) bond motifs is 1. The number of rotatable bonds is 4. The maximum Gasteiger partial charge on any atom is 0.420 e. The lowest BCUT2D eigenvalue weighted by Gasteiger charge is -2.31. The molecular formula is C17H20N2O5. The molecule has 24 heavy (non-hydrogen) atoms. The number of amides is 1. The number of aromatic carboxylic acids is 1. The molecule has 0 aliphatic heterocycles. The number of benzene rings is 1. The van der Waals surface area contributed by atoms with E-state index in [-0.39, 0.29) is 29.6 Å². The van der Waals surface area contributed by atoms with Crippen LogP contribution < -0.4 is 5.76 Å². The van der Waals surface area contributed by atoms with Crippen LogP contribution in [0.5, 0.6) is 0 Å². The monoisotopic (exact) mass is 332 g/mol. The molecule has 1 heterocycles. The van der Waals surface area contributed by atoms with Crippen LogP contribution in [0.2, 0.25) is 0 Å². The Morgan fingerprint density at radius 2 is 2.00 bits per heavy atom. The van der Waals surface area contributed by atoms with Crippen LogP contribution in [-0.4, -0.2) is 39.5 Å². The van der Waals surface area contributed by atoms with Gasteiger partial charge in [0.25, 0.3) is 0 Å². The molecule has 1 N–H and O–H groups in total. The van der Waals surface area contributed by atoms with Crippen molar-refractivity contribution in [2.24, 2.45) is 0 Å². The normalized spacial score (nSPS) is 15.5. The predicted molar refractivity (Wildman–Crippen MR) is 87.1 cm³/mol. The molecule has 128 valence electrons. The minimum absolute atomic E-state index is 0.0362. The van der Waals surface area contributed by atoms with Gasteiger partial charge in [-0.3, -0.25) is 9.36 Å². The molecule has 1 aromatic heterocycles. The van der Waals surface area contributed by atoms with Crippen molar-refractivity contribution >= 4 is 23.0 Å². The van der Waals surface area contributed by atoms with Crippen LogP contribution in [-0.2, 0) is 11.3 Å². The first-order chi connectivity index (χ1) is 11.5. The number of carboxylic acid groups (broad SMARTS) is 1. The first-order valence-corrected chi connectivity index (χ1v) is 8.09. The van der Waals surface area contributed by atoms with Gasteiger partial charge in [-0.05, 0) is 31.0 Å². The number of carbonyl (C=O) groups is 2. The molecule has 3 rings (SSSR count). The van der Waals surface area contributed by atoms with E-state index in [0.29, 0.717) is 5.52 Å². The Labute approximate surface area is 138 Å². The van der Waals surface area contributed by atoms with Gasteiger partial charge in [0.05, 0.1) is 11.1 Å². The Morgan fingerprint density at radius 1 is 1.29 bits per heavy atom. The largest absolute Gasteiger partial charge is 0.478 e. The highest BCUT2D eigenvalue weighted by Gasteiger charge is 2.23. The molecule has 1 fully saturated rings. The Kier molecular flexibility index (Phi) is 4.42. The molecule has 0 unspecified atom stereocenters. The van der Waals surface area contributed by atoms with Gasteiger partial charge in [-0.15, -0.1) is 0 Å². The topological polar surface area (TPSA) is 92.8 Å². The Balaban J connectivity index is 1.84. The highest BCUT2D eigenvalue weighted by molar-refractivity contribution is 5.92. The molecule has 7 nitrogen and oxygen atoms in total. The van der Waals surface area contributed by atoms with E-state index in [1.165, 1.54) is 29.2 Å². The van der Waals surface area contributed by atoms with Gasteiger partial charge in [0.1, 0.15) is 6.54 Å². The van der Waals surface area contributed by atoms with Crippen molar-refractivity contribution in [1.29, 1.82) is 0 Å². The number of carboxylic acids is 1. The van der Waals surface area contributed by atoms with Crippen LogP contribution in [0.1, 0.15) is 42.5 Å². The molecule has 1 aromatic carbocycles. The van der Waals surface area contributed by atoms with Gasteiger partial charge < -0.3 is 14.4 Å². The first-order valence-electron chi connectivity index (χ1n) is 8.09. The van der Waals surface area contributed by atoms with Crippen molar-refractivity contribution in [2.45, 2.75) is 44.7 Å². The fourth-order valence-corrected chi connectivity index (χ4v) is 3.27. The van der Waals surface area contributed by atoms with Gasteiger partial charge in [-0.2, -0.15) is 0 Å². The molecule has 0 spiro atoms. The Morgan fingerprint density at radius 3 is 2.67 bits per heavy atom. The van der Waals surface area contributed by atoms with Crippen molar-refractivity contribution in [1.82, 2.24) is 9.47 Å². The zero-order valence-electron chi connectivity index (χ0n) is 13.5. The third-order valence-corrected chi connectivity index (χ3v) is 4.72. The number of likely N-dealkylation sites (N-methyl/N-ethyl adjacent to an activating group) is 1. The van der Waals surface area contributed by atoms with Crippen LogP contribution in [0.4, 0.5) is 0 Å². The van der Waals surface area contributed by atoms with Crippen molar-refractivity contribution < 1.29 is 19.1 Å². The van der Waals surface area contributed by atoms with Gasteiger partial charge in [-0.25, -0.2) is 9.59 Å². The third kappa shape index (κ3) is 3.06. The summed E-state index contributed by atoms with van der Waals surface area (Å²) >= 11 is 0. The van der Waals surface area contributed by atoms with Gasteiger partial charge in [0, 0.05) is 13.1 Å². The third-order valence-electron chi connectivity index (χ3n) is 4.72. The highest BCUT2D eigenvalue weighted by atomic mass is 16.4. The van der Waals surface area contributed by atoms with Crippen LogP contribution in [0.15, 0.2) is 27.4 Å². The minimum atomic E-state index is -1.10. The number of oxazole rings is 1. The summed E-state index contributed by atoms with van der Waals surface area (Å²) in [4.78, 5) is 37.3. The van der Waals surface area contributed by atoms with Crippen molar-refractivity contribution in [3.8, 4) is 0 Å². The van der Waals surface area contributed by atoms with Crippen LogP contribution in [0.3, 0.4) is 0 Å². The van der Waals surface area contributed by atoms with Gasteiger partial charge >= 0.3 is 11.7 Å². The van der Waals surface area contributed by atoms with E-state index in [4.69, 9.17) is 9.52 Å². The summed E-state index contributed by atoms with van der Waals surface area (Å²) < 4.78 is 6.34. The van der Waals surface area contributed by atoms with Gasteiger partial charge in [-0.1, -0.05) is 19.3 Å². The fourth-order valence-electron chi connectivity index (χ4n) is 3.27. The van der Waals surface area contributed by atoms with E-state index in [2.05, 4.69) is 0 Å². The lowest BCUT2D eigenvalue weighted by Crippen LogP contribution is -2.41. The highest BCUT2D eigenvalue weighted by Crippen LogP contribution is 2.22. The summed E-state index contributed by atoms with van der Waals surface area (Å²) in [6.45, 7) is -0.106. The van der Waals surface area contributed by atoms with Crippen molar-refractivity contribution in [3.63, 3.8) is 0 Å². The smallest absolute Gasteiger partial charge is 0.420 e. The first kappa shape index (κ1) is 16.3. The number of aromatic nitrogens is 1. The second kappa shape index (κ2) is 6.51. The Bertz CT molecular complexity index is 829. The lowest BCUT2D eigenvalue weighted by atomic mass is 9.94. The number of hydrogen-bond donors (Lipinski definition) is 1. The van der Waals surface area contributed by atoms with E-state index in [9.17, 15) is 14.4 Å². The van der Waals surface area contributed by atoms with Crippen LogP contribution >= 0.6 is 0 Å². The number of carbonyl (C=O) groups excluding carboxylic acids is 1. The zero-order valence-corrected chi connectivity index (χ0v) is 13.5. The maximum absolute atomic E-state index is 12.5. The predicted octanol–water partition coefficient (Wildman–Crippen LogP) is 2.08. The molecule has 1 saturated carbocycles. The van der Waals surface area contributed by atoms with E-state index in [1.807, 2.05) is 0 Å². The van der Waals surface area contributed by atoms with Crippen LogP contribution in [0, 0.1) is 0 Å². The van der Waals surface area contributed by atoms with Crippen molar-refractivity contribution in [3.05, 3.63) is 34.3 Å². The molecule has 0 bridgehead atoms. The fraction of sp³-hybridized carbons (Fsp3) is 0.471. The molecule has 1 aliphatic rings. The quantitative estimate of drug-likeness (QED) is 0.925. The zero-order chi connectivity index (χ0) is 17.3. The minimum Gasteiger partial charge on any atom is -0.478 e. The average Bonchev–Trinajstić information content (AvgIpc) is 2.89. The summed E-state index contributed by atoms with van der Waals surface area (Å²) in [5.41, 5.74) is 0.637. The molecule has 1 amide bonds. The van der Waals surface area contributed by atoms with E-state index in [1.54, 1.807) is 11.9 Å². The number of hydrogen-bond acceptors (Lipinski definition) is 4. The second-order valence-corrected chi connectivity index (χ2v) is 6.24. The summed E-state index contributed by atoms with van der Waals surface area (Å²) in [7, 11) is 1.77. The maximum atomic E-state index is 12.5. The van der Waals surface area contributed by atoms with E-state index in [0.717, 1.165) is 25.7 Å². The molecule has 0 atom stereocenters. The molecule has 1 aliphatic carbocycles. The van der Waals surface area contributed by atoms with Gasteiger partial charge in [0.2, 0.25) is 5.91 Å². The molecular weight excluding hydrogens is 312 g/mol. The lowest BCUT2D eigenvalue weighted by molar-refractivity contribution is -0.133. The summed E-state index contributed by atoms with van der Waals surface area (Å²) in [5, 5.41) is 9.00.